The van der Waals surface area contributed by atoms with Crippen molar-refractivity contribution in [1.82, 2.24) is 4.98 Å². The summed E-state index contributed by atoms with van der Waals surface area (Å²) < 4.78 is 70.4. The number of aliphatic imine (C=N–C) groups is 1. The van der Waals surface area contributed by atoms with Crippen LogP contribution in [-0.4, -0.2) is 36.4 Å². The van der Waals surface area contributed by atoms with Gasteiger partial charge in [0.1, 0.15) is 24.0 Å². The average molecular weight is 416 g/mol. The van der Waals surface area contributed by atoms with Crippen molar-refractivity contribution < 1.29 is 26.8 Å². The van der Waals surface area contributed by atoms with E-state index in [0.717, 1.165) is 18.2 Å². The Morgan fingerprint density at radius 3 is 3.00 bits per heavy atom. The van der Waals surface area contributed by atoms with Gasteiger partial charge in [-0.2, -0.15) is 0 Å². The number of nitrogens with zero attached hydrogens (tertiary/aromatic N) is 2. The molecule has 0 saturated heterocycles. The third-order valence-electron chi connectivity index (χ3n) is 3.99. The molecular formula is C18H16ClF3N4O2. The molecule has 0 spiro atoms. The first kappa shape index (κ1) is 16.3. The maximum Gasteiger partial charge on any atom is 0.274 e. The van der Waals surface area contributed by atoms with Crippen LogP contribution >= 0.6 is 11.6 Å². The molecule has 1 aliphatic rings. The number of carbonyl (C=O) groups excluding carboxylic acids is 1. The van der Waals surface area contributed by atoms with Crippen molar-refractivity contribution in [2.45, 2.75) is 18.9 Å². The van der Waals surface area contributed by atoms with E-state index in [1.165, 1.54) is 0 Å². The molecule has 28 heavy (non-hydrogen) atoms. The normalized spacial score (nSPS) is 20.9. The highest BCUT2D eigenvalue weighted by molar-refractivity contribution is 6.30. The van der Waals surface area contributed by atoms with Crippen molar-refractivity contribution in [3.05, 3.63) is 58.1 Å². The minimum atomic E-state index is -3.16. The zero-order chi connectivity index (χ0) is 22.9. The molecule has 1 aromatic heterocycles. The minimum Gasteiger partial charge on any atom is -0.385 e. The van der Waals surface area contributed by atoms with Crippen molar-refractivity contribution >= 4 is 29.0 Å². The second-order valence-electron chi connectivity index (χ2n) is 5.96. The lowest BCUT2D eigenvalue weighted by Gasteiger charge is -2.33. The van der Waals surface area contributed by atoms with Gasteiger partial charge in [-0.25, -0.2) is 18.2 Å². The summed E-state index contributed by atoms with van der Waals surface area (Å²) in [5.74, 6) is -2.15. The van der Waals surface area contributed by atoms with Gasteiger partial charge in [-0.05, 0) is 36.7 Å². The number of rotatable bonds is 4. The summed E-state index contributed by atoms with van der Waals surface area (Å²) in [5, 5.41) is 2.04. The van der Waals surface area contributed by atoms with Crippen LogP contribution in [0.1, 0.15) is 25.7 Å². The molecule has 6 nitrogen and oxygen atoms in total. The second-order valence-corrected chi connectivity index (χ2v) is 6.34. The van der Waals surface area contributed by atoms with Gasteiger partial charge < -0.3 is 15.8 Å². The SMILES string of the molecule is [2H]Cc1c(C(=O)Nc2ccc(F)c([C@]3(C(F)F)COCC(N)=N3)c2)nc([2H])c(Cl)c1[2H]. The summed E-state index contributed by atoms with van der Waals surface area (Å²) >= 11 is 5.78. The van der Waals surface area contributed by atoms with Crippen LogP contribution < -0.4 is 11.1 Å². The molecule has 1 atom stereocenters. The maximum atomic E-state index is 14.5. The highest BCUT2D eigenvalue weighted by Crippen LogP contribution is 2.38. The van der Waals surface area contributed by atoms with Crippen molar-refractivity contribution in [3.63, 3.8) is 0 Å². The largest absolute Gasteiger partial charge is 0.385 e. The zero-order valence-corrected chi connectivity index (χ0v) is 15.0. The van der Waals surface area contributed by atoms with Crippen LogP contribution in [-0.2, 0) is 10.3 Å². The highest BCUT2D eigenvalue weighted by Gasteiger charge is 2.46. The minimum absolute atomic E-state index is 0.0773. The molecular weight excluding hydrogens is 397 g/mol. The van der Waals surface area contributed by atoms with E-state index in [1.807, 2.05) is 0 Å². The average Bonchev–Trinajstić information content (AvgIpc) is 2.72. The Hall–Kier alpha value is -2.65. The predicted molar refractivity (Wildman–Crippen MR) is 98.5 cm³/mol. The molecule has 3 N–H and O–H groups in total. The predicted octanol–water partition coefficient (Wildman–Crippen LogP) is 3.28. The summed E-state index contributed by atoms with van der Waals surface area (Å²) in [5.41, 5.74) is 2.01. The Bertz CT molecular complexity index is 1070. The smallest absolute Gasteiger partial charge is 0.274 e. The van der Waals surface area contributed by atoms with Crippen molar-refractivity contribution in [1.29, 1.82) is 0 Å². The van der Waals surface area contributed by atoms with E-state index in [9.17, 15) is 18.0 Å². The molecule has 0 bridgehead atoms. The molecule has 0 unspecified atom stereocenters. The van der Waals surface area contributed by atoms with Gasteiger partial charge in [-0.15, -0.1) is 0 Å². The van der Waals surface area contributed by atoms with Gasteiger partial charge in [0.25, 0.3) is 12.3 Å². The molecule has 0 radical (unpaired) electrons. The number of ether oxygens (including phenoxy) is 1. The number of nitrogens with two attached hydrogens (primary N) is 1. The quantitative estimate of drug-likeness (QED) is 0.801. The molecule has 10 heteroatoms. The molecule has 1 aromatic carbocycles. The number of carbonyl (C=O) groups is 1. The van der Waals surface area contributed by atoms with E-state index in [1.54, 1.807) is 0 Å². The molecule has 2 heterocycles. The maximum absolute atomic E-state index is 14.5. The van der Waals surface area contributed by atoms with Gasteiger partial charge in [-0.1, -0.05) is 11.6 Å². The standard InChI is InChI=1S/C18H16ClF3N4O2/c1-9-4-10(19)6-24-15(9)16(27)25-11-2-3-13(20)12(5-11)18(17(21)22)8-28-7-14(23)26-18/h2-6,17H,7-8H2,1H3,(H2,23,26)(H,25,27)/t18-/m0/s1/i1D,4D,6D. The fraction of sp³-hybridized carbons (Fsp3) is 0.278. The van der Waals surface area contributed by atoms with E-state index >= 15 is 0 Å². The number of halogens is 4. The van der Waals surface area contributed by atoms with Gasteiger partial charge in [0.2, 0.25) is 0 Å². The van der Waals surface area contributed by atoms with Crippen LogP contribution in [0.4, 0.5) is 18.9 Å². The Balaban J connectivity index is 2.02. The topological polar surface area (TPSA) is 89.6 Å². The van der Waals surface area contributed by atoms with E-state index < -0.39 is 54.6 Å². The van der Waals surface area contributed by atoms with Crippen molar-refractivity contribution in [3.8, 4) is 0 Å². The monoisotopic (exact) mass is 415 g/mol. The first-order valence-electron chi connectivity index (χ1n) is 9.57. The first-order valence-corrected chi connectivity index (χ1v) is 8.24. The summed E-state index contributed by atoms with van der Waals surface area (Å²) in [6, 6.07) is 2.60. The van der Waals surface area contributed by atoms with Gasteiger partial charge in [0, 0.05) is 18.8 Å². The van der Waals surface area contributed by atoms with Crippen molar-refractivity contribution in [2.24, 2.45) is 10.7 Å². The molecule has 2 aromatic rings. The van der Waals surface area contributed by atoms with Crippen LogP contribution in [0.2, 0.25) is 5.02 Å². The fourth-order valence-electron chi connectivity index (χ4n) is 2.70. The summed E-state index contributed by atoms with van der Waals surface area (Å²) in [6.07, 6.45) is -3.69. The van der Waals surface area contributed by atoms with E-state index in [4.69, 9.17) is 26.2 Å². The Morgan fingerprint density at radius 2 is 2.32 bits per heavy atom. The molecule has 1 amide bonds. The van der Waals surface area contributed by atoms with Crippen LogP contribution in [0.15, 0.2) is 35.4 Å². The number of amidine groups is 1. The van der Waals surface area contributed by atoms with Gasteiger partial charge in [-0.3, -0.25) is 9.79 Å². The van der Waals surface area contributed by atoms with Gasteiger partial charge >= 0.3 is 0 Å². The second kappa shape index (κ2) is 7.76. The summed E-state index contributed by atoms with van der Waals surface area (Å²) in [7, 11) is 0. The molecule has 148 valence electrons. The number of nitrogens with one attached hydrogen (secondary N) is 1. The molecule has 0 fully saturated rings. The summed E-state index contributed by atoms with van der Waals surface area (Å²) in [4.78, 5) is 20.1. The Kier molecular flexibility index (Phi) is 4.53. The van der Waals surface area contributed by atoms with E-state index in [2.05, 4.69) is 15.3 Å². The number of amides is 1. The zero-order valence-electron chi connectivity index (χ0n) is 17.2. The van der Waals surface area contributed by atoms with E-state index in [-0.39, 0.29) is 34.8 Å². The first-order chi connectivity index (χ1) is 14.6. The number of benzene rings is 1. The number of pyridine rings is 1. The number of aromatic nitrogens is 1. The number of anilines is 1. The van der Waals surface area contributed by atoms with E-state index in [0.29, 0.717) is 0 Å². The van der Waals surface area contributed by atoms with Crippen LogP contribution in [0, 0.1) is 12.7 Å². The third-order valence-corrected chi connectivity index (χ3v) is 4.17. The lowest BCUT2D eigenvalue weighted by Crippen LogP contribution is -2.45. The molecule has 0 saturated carbocycles. The Labute approximate surface area is 167 Å². The third kappa shape index (κ3) is 3.81. The van der Waals surface area contributed by atoms with Crippen LogP contribution in [0.3, 0.4) is 0 Å². The fourth-order valence-corrected chi connectivity index (χ4v) is 2.86. The number of alkyl halides is 2. The number of hydrogen-bond acceptors (Lipinski definition) is 5. The summed E-state index contributed by atoms with van der Waals surface area (Å²) in [6.45, 7) is -1.30. The Morgan fingerprint density at radius 1 is 1.54 bits per heavy atom. The lowest BCUT2D eigenvalue weighted by atomic mass is 9.90. The van der Waals surface area contributed by atoms with Gasteiger partial charge in [0.05, 0.1) is 14.4 Å². The molecule has 0 aliphatic carbocycles. The molecule has 1 aliphatic heterocycles. The number of hydrogen-bond donors (Lipinski definition) is 2. The lowest BCUT2D eigenvalue weighted by molar-refractivity contribution is -0.0145. The molecule has 3 rings (SSSR count). The van der Waals surface area contributed by atoms with Gasteiger partial charge in [0.15, 0.2) is 5.54 Å². The van der Waals surface area contributed by atoms with Crippen LogP contribution in [0.5, 0.6) is 0 Å². The van der Waals surface area contributed by atoms with Crippen LogP contribution in [0.25, 0.3) is 0 Å². The highest BCUT2D eigenvalue weighted by atomic mass is 35.5. The van der Waals surface area contributed by atoms with Crippen molar-refractivity contribution in [2.75, 3.05) is 18.5 Å².